The van der Waals surface area contributed by atoms with Crippen LogP contribution in [0.1, 0.15) is 75.7 Å². The average molecular weight is 428 g/mol. The molecular weight excluding hydrogens is 395 g/mol. The fraction of sp³-hybridized carbons (Fsp3) is 0.519. The van der Waals surface area contributed by atoms with Gasteiger partial charge in [0.25, 0.3) is 0 Å². The van der Waals surface area contributed by atoms with Gasteiger partial charge in [-0.3, -0.25) is 0 Å². The summed E-state index contributed by atoms with van der Waals surface area (Å²) in [6.07, 6.45) is 15.8. The average Bonchev–Trinajstić information content (AvgIpc) is 2.80. The molecule has 0 saturated heterocycles. The van der Waals surface area contributed by atoms with Gasteiger partial charge >= 0.3 is 0 Å². The van der Waals surface area contributed by atoms with E-state index in [1.54, 1.807) is 12.1 Å². The van der Waals surface area contributed by atoms with Gasteiger partial charge in [0.05, 0.1) is 0 Å². The summed E-state index contributed by atoms with van der Waals surface area (Å²) in [5.74, 6) is -0.0995. The van der Waals surface area contributed by atoms with Crippen LogP contribution in [0.5, 0.6) is 0 Å². The number of halogens is 3. The minimum Gasteiger partial charge on any atom is -0.204 e. The number of nitriles is 1. The summed E-state index contributed by atoms with van der Waals surface area (Å²) in [5.41, 5.74) is 2.32. The number of benzene rings is 1. The van der Waals surface area contributed by atoms with Crippen LogP contribution in [0.3, 0.4) is 0 Å². The van der Waals surface area contributed by atoms with Crippen LogP contribution in [0.25, 0.3) is 0 Å². The van der Waals surface area contributed by atoms with Crippen LogP contribution < -0.4 is 0 Å². The lowest BCUT2D eigenvalue weighted by atomic mass is 9.69. The van der Waals surface area contributed by atoms with Crippen molar-refractivity contribution in [2.75, 3.05) is 0 Å². The van der Waals surface area contributed by atoms with Crippen LogP contribution in [0.4, 0.5) is 13.2 Å². The zero-order valence-corrected chi connectivity index (χ0v) is 18.1. The van der Waals surface area contributed by atoms with Gasteiger partial charge in [0.2, 0.25) is 0 Å². The minimum atomic E-state index is -0.776. The van der Waals surface area contributed by atoms with Crippen molar-refractivity contribution in [3.63, 3.8) is 0 Å². The second-order valence-corrected chi connectivity index (χ2v) is 9.15. The predicted molar refractivity (Wildman–Crippen MR) is 119 cm³/mol. The molecule has 2 fully saturated rings. The van der Waals surface area contributed by atoms with E-state index in [-0.39, 0.29) is 0 Å². The molecule has 1 aromatic carbocycles. The first-order valence-electron chi connectivity index (χ1n) is 11.5. The monoisotopic (exact) mass is 427 g/mol. The molecule has 0 N–H and O–H groups in total. The Morgan fingerprint density at radius 2 is 1.65 bits per heavy atom. The molecule has 0 heterocycles. The van der Waals surface area contributed by atoms with Gasteiger partial charge < -0.3 is 0 Å². The highest BCUT2D eigenvalue weighted by molar-refractivity contribution is 5.23. The standard InChI is InChI=1S/C27H32F3N/c1-19(21-9-7-20(8-10-21)5-3-2-4-6-25(28)18-31)22-11-13-23(14-12-22)24-15-16-26(29)27(30)17-24/h2,4,6,15-17,20-23H,1,3,5,7-14H2/b4-2+,25-6-/t20-,21-,22-,23-. The second-order valence-electron chi connectivity index (χ2n) is 9.15. The van der Waals surface area contributed by atoms with E-state index in [1.165, 1.54) is 55.5 Å². The molecule has 2 aliphatic carbocycles. The van der Waals surface area contributed by atoms with Crippen molar-refractivity contribution in [2.45, 2.75) is 70.1 Å². The van der Waals surface area contributed by atoms with E-state index < -0.39 is 17.5 Å². The highest BCUT2D eigenvalue weighted by Crippen LogP contribution is 2.44. The number of hydrogen-bond acceptors (Lipinski definition) is 1. The summed E-state index contributed by atoms with van der Waals surface area (Å²) < 4.78 is 39.5. The fourth-order valence-electron chi connectivity index (χ4n) is 5.34. The molecule has 0 radical (unpaired) electrons. The Morgan fingerprint density at radius 3 is 2.26 bits per heavy atom. The Balaban J connectivity index is 1.39. The van der Waals surface area contributed by atoms with Crippen molar-refractivity contribution in [1.29, 1.82) is 5.26 Å². The molecule has 2 saturated carbocycles. The van der Waals surface area contributed by atoms with Gasteiger partial charge in [0.15, 0.2) is 17.5 Å². The topological polar surface area (TPSA) is 23.8 Å². The minimum absolute atomic E-state index is 0.319. The van der Waals surface area contributed by atoms with Crippen molar-refractivity contribution >= 4 is 0 Å². The Bertz CT molecular complexity index is 848. The molecule has 4 heteroatoms. The summed E-state index contributed by atoms with van der Waals surface area (Å²) in [4.78, 5) is 0. The lowest BCUT2D eigenvalue weighted by molar-refractivity contribution is 0.260. The highest BCUT2D eigenvalue weighted by atomic mass is 19.2. The van der Waals surface area contributed by atoms with Crippen LogP contribution in [-0.4, -0.2) is 0 Å². The van der Waals surface area contributed by atoms with Crippen LogP contribution >= 0.6 is 0 Å². The van der Waals surface area contributed by atoms with Crippen LogP contribution in [0.15, 0.2) is 54.4 Å². The Kier molecular flexibility index (Phi) is 8.58. The van der Waals surface area contributed by atoms with Crippen molar-refractivity contribution in [3.8, 4) is 6.07 Å². The molecule has 0 atom stereocenters. The first-order valence-corrected chi connectivity index (χ1v) is 11.5. The van der Waals surface area contributed by atoms with Gasteiger partial charge in [-0.25, -0.2) is 8.78 Å². The summed E-state index contributed by atoms with van der Waals surface area (Å²) in [7, 11) is 0. The largest absolute Gasteiger partial charge is 0.204 e. The fourth-order valence-corrected chi connectivity index (χ4v) is 5.34. The molecule has 1 aromatic rings. The molecular formula is C27H32F3N. The number of rotatable bonds is 7. The third kappa shape index (κ3) is 6.60. The Hall–Kier alpha value is -2.28. The highest BCUT2D eigenvalue weighted by Gasteiger charge is 2.30. The molecule has 0 spiro atoms. The van der Waals surface area contributed by atoms with E-state index >= 15 is 0 Å². The summed E-state index contributed by atoms with van der Waals surface area (Å²) >= 11 is 0. The Labute approximate surface area is 184 Å². The zero-order chi connectivity index (χ0) is 22.2. The molecule has 3 rings (SSSR count). The van der Waals surface area contributed by atoms with Crippen molar-refractivity contribution < 1.29 is 13.2 Å². The summed E-state index contributed by atoms with van der Waals surface area (Å²) in [5, 5.41) is 8.38. The van der Waals surface area contributed by atoms with Gasteiger partial charge in [-0.1, -0.05) is 30.4 Å². The first-order chi connectivity index (χ1) is 15.0. The normalized spacial score (nSPS) is 27.2. The molecule has 1 nitrogen and oxygen atoms in total. The molecule has 31 heavy (non-hydrogen) atoms. The van der Waals surface area contributed by atoms with Gasteiger partial charge in [0, 0.05) is 0 Å². The molecule has 2 aliphatic rings. The van der Waals surface area contributed by atoms with Gasteiger partial charge in [-0.05, 0) is 112 Å². The smallest absolute Gasteiger partial charge is 0.199 e. The van der Waals surface area contributed by atoms with Crippen molar-refractivity contribution in [1.82, 2.24) is 0 Å². The number of allylic oxidation sites excluding steroid dienone is 5. The predicted octanol–water partition coefficient (Wildman–Crippen LogP) is 8.31. The first kappa shape index (κ1) is 23.4. The molecule has 0 unspecified atom stereocenters. The van der Waals surface area contributed by atoms with E-state index in [1.807, 2.05) is 6.08 Å². The van der Waals surface area contributed by atoms with Crippen LogP contribution in [0, 0.1) is 40.7 Å². The van der Waals surface area contributed by atoms with Crippen LogP contribution in [0.2, 0.25) is 0 Å². The maximum Gasteiger partial charge on any atom is 0.199 e. The lowest BCUT2D eigenvalue weighted by Crippen LogP contribution is -2.22. The lowest BCUT2D eigenvalue weighted by Gasteiger charge is -2.36. The van der Waals surface area contributed by atoms with Gasteiger partial charge in [-0.15, -0.1) is 0 Å². The third-order valence-electron chi connectivity index (χ3n) is 7.26. The van der Waals surface area contributed by atoms with E-state index in [9.17, 15) is 13.2 Å². The molecule has 0 bridgehead atoms. The van der Waals surface area contributed by atoms with Gasteiger partial charge in [-0.2, -0.15) is 9.65 Å². The number of hydrogen-bond donors (Lipinski definition) is 0. The number of nitrogens with zero attached hydrogens (tertiary/aromatic N) is 1. The van der Waals surface area contributed by atoms with Crippen molar-refractivity contribution in [3.05, 3.63) is 71.6 Å². The second kappa shape index (κ2) is 11.4. The molecule has 0 aliphatic heterocycles. The summed E-state index contributed by atoms with van der Waals surface area (Å²) in [6.45, 7) is 4.47. The molecule has 166 valence electrons. The maximum absolute atomic E-state index is 13.6. The third-order valence-corrected chi connectivity index (χ3v) is 7.26. The quantitative estimate of drug-likeness (QED) is 0.244. The molecule has 0 aromatic heterocycles. The van der Waals surface area contributed by atoms with E-state index in [0.717, 1.165) is 44.1 Å². The van der Waals surface area contributed by atoms with Crippen LogP contribution in [-0.2, 0) is 0 Å². The Morgan fingerprint density at radius 1 is 1.00 bits per heavy atom. The zero-order valence-electron chi connectivity index (χ0n) is 18.1. The maximum atomic E-state index is 13.6. The summed E-state index contributed by atoms with van der Waals surface area (Å²) in [6, 6.07) is 5.80. The van der Waals surface area contributed by atoms with E-state index in [2.05, 4.69) is 6.58 Å². The van der Waals surface area contributed by atoms with Gasteiger partial charge in [0.1, 0.15) is 6.07 Å². The molecule has 0 amide bonds. The van der Waals surface area contributed by atoms with E-state index in [4.69, 9.17) is 5.26 Å². The van der Waals surface area contributed by atoms with E-state index in [0.29, 0.717) is 23.7 Å². The van der Waals surface area contributed by atoms with Crippen molar-refractivity contribution in [2.24, 2.45) is 17.8 Å². The SMILES string of the molecule is C=C([C@H]1CC[C@H](CC/C=C/C=C(\F)C#N)CC1)[C@H]1CC[C@H](c2ccc(F)c(F)c2)CC1.